The molecule has 132 valence electrons. The van der Waals surface area contributed by atoms with Crippen molar-refractivity contribution >= 4 is 34.8 Å². The lowest BCUT2D eigenvalue weighted by Crippen LogP contribution is -2.31. The molecule has 1 aromatic heterocycles. The van der Waals surface area contributed by atoms with Gasteiger partial charge in [-0.25, -0.2) is 9.97 Å². The van der Waals surface area contributed by atoms with Crippen molar-refractivity contribution in [3.63, 3.8) is 0 Å². The first-order chi connectivity index (χ1) is 12.6. The summed E-state index contributed by atoms with van der Waals surface area (Å²) in [6.45, 7) is 2.56. The first-order valence-electron chi connectivity index (χ1n) is 8.38. The van der Waals surface area contributed by atoms with Crippen LogP contribution in [0.25, 0.3) is 11.4 Å². The Hall–Kier alpha value is -1.65. The molecule has 2 heterocycles. The molecule has 0 fully saturated rings. The summed E-state index contributed by atoms with van der Waals surface area (Å²) in [7, 11) is 0. The molecule has 0 aliphatic carbocycles. The van der Waals surface area contributed by atoms with Crippen molar-refractivity contribution in [2.45, 2.75) is 19.5 Å². The molecule has 1 aliphatic heterocycles. The average molecular weight is 405 g/mol. The maximum Gasteiger partial charge on any atom is 0.162 e. The minimum absolute atomic E-state index is 0.451. The second-order valence-corrected chi connectivity index (χ2v) is 7.45. The number of nitrogens with zero attached hydrogens (tertiary/aromatic N) is 3. The molecule has 0 radical (unpaired) electrons. The Labute approximate surface area is 167 Å². The van der Waals surface area contributed by atoms with Crippen LogP contribution in [0.4, 0.5) is 0 Å². The first kappa shape index (κ1) is 17.7. The van der Waals surface area contributed by atoms with Crippen LogP contribution in [-0.2, 0) is 19.5 Å². The minimum Gasteiger partial charge on any atom is -0.294 e. The van der Waals surface area contributed by atoms with E-state index in [-0.39, 0.29) is 0 Å². The van der Waals surface area contributed by atoms with E-state index in [4.69, 9.17) is 39.8 Å². The van der Waals surface area contributed by atoms with Crippen LogP contribution >= 0.6 is 34.8 Å². The molecular weight excluding hydrogens is 389 g/mol. The van der Waals surface area contributed by atoms with Crippen LogP contribution in [0, 0.1) is 0 Å². The Morgan fingerprint density at radius 3 is 2.54 bits per heavy atom. The summed E-state index contributed by atoms with van der Waals surface area (Å²) in [5, 5.41) is 1.42. The third-order valence-electron chi connectivity index (χ3n) is 4.53. The van der Waals surface area contributed by atoms with E-state index in [1.165, 1.54) is 5.56 Å². The monoisotopic (exact) mass is 403 g/mol. The van der Waals surface area contributed by atoms with E-state index in [0.717, 1.165) is 37.3 Å². The summed E-state index contributed by atoms with van der Waals surface area (Å²) in [6, 6.07) is 15.9. The Kier molecular flexibility index (Phi) is 5.14. The molecule has 6 heteroatoms. The average Bonchev–Trinajstić information content (AvgIpc) is 2.65. The van der Waals surface area contributed by atoms with E-state index in [2.05, 4.69) is 34.1 Å². The lowest BCUT2D eigenvalue weighted by atomic mass is 10.1. The number of benzene rings is 2. The van der Waals surface area contributed by atoms with Gasteiger partial charge >= 0.3 is 0 Å². The third kappa shape index (κ3) is 3.58. The summed E-state index contributed by atoms with van der Waals surface area (Å²) in [5.41, 5.74) is 3.97. The lowest BCUT2D eigenvalue weighted by molar-refractivity contribution is 0.243. The third-order valence-corrected chi connectivity index (χ3v) is 5.66. The van der Waals surface area contributed by atoms with Gasteiger partial charge in [0.05, 0.1) is 15.7 Å². The zero-order valence-corrected chi connectivity index (χ0v) is 16.2. The van der Waals surface area contributed by atoms with Crippen molar-refractivity contribution < 1.29 is 0 Å². The summed E-state index contributed by atoms with van der Waals surface area (Å²) < 4.78 is 0. The largest absolute Gasteiger partial charge is 0.294 e. The number of rotatable bonds is 3. The SMILES string of the molecule is Clc1cccc(-c2nc(Cl)c3c(n2)CCN(Cc2ccccc2)C3)c1Cl. The molecule has 1 aliphatic rings. The highest BCUT2D eigenvalue weighted by Gasteiger charge is 2.23. The van der Waals surface area contributed by atoms with E-state index in [9.17, 15) is 0 Å². The highest BCUT2D eigenvalue weighted by Crippen LogP contribution is 2.34. The highest BCUT2D eigenvalue weighted by atomic mass is 35.5. The van der Waals surface area contributed by atoms with Gasteiger partial charge in [0.15, 0.2) is 5.82 Å². The van der Waals surface area contributed by atoms with Crippen LogP contribution in [0.3, 0.4) is 0 Å². The molecule has 3 aromatic rings. The van der Waals surface area contributed by atoms with E-state index >= 15 is 0 Å². The Morgan fingerprint density at radius 1 is 0.923 bits per heavy atom. The maximum absolute atomic E-state index is 6.50. The Bertz CT molecular complexity index is 945. The number of hydrogen-bond acceptors (Lipinski definition) is 3. The van der Waals surface area contributed by atoms with Gasteiger partial charge in [0.25, 0.3) is 0 Å². The molecule has 0 spiro atoms. The number of hydrogen-bond donors (Lipinski definition) is 0. The van der Waals surface area contributed by atoms with Gasteiger partial charge in [0, 0.05) is 37.2 Å². The minimum atomic E-state index is 0.451. The zero-order valence-electron chi connectivity index (χ0n) is 13.9. The predicted octanol–water partition coefficient (Wildman–Crippen LogP) is 5.66. The van der Waals surface area contributed by atoms with Gasteiger partial charge < -0.3 is 0 Å². The van der Waals surface area contributed by atoms with Gasteiger partial charge in [-0.1, -0.05) is 71.2 Å². The van der Waals surface area contributed by atoms with Crippen LogP contribution in [0.15, 0.2) is 48.5 Å². The van der Waals surface area contributed by atoms with Crippen LogP contribution in [0.1, 0.15) is 16.8 Å². The normalized spacial score (nSPS) is 14.3. The second kappa shape index (κ2) is 7.53. The molecule has 0 saturated heterocycles. The molecule has 0 unspecified atom stereocenters. The van der Waals surface area contributed by atoms with Crippen molar-refractivity contribution in [1.29, 1.82) is 0 Å². The summed E-state index contributed by atoms with van der Waals surface area (Å²) in [6.07, 6.45) is 0.829. The second-order valence-electron chi connectivity index (χ2n) is 6.31. The molecule has 0 atom stereocenters. The van der Waals surface area contributed by atoms with Crippen LogP contribution in [0.2, 0.25) is 15.2 Å². The van der Waals surface area contributed by atoms with Crippen molar-refractivity contribution in [2.24, 2.45) is 0 Å². The van der Waals surface area contributed by atoms with Gasteiger partial charge in [-0.3, -0.25) is 4.90 Å². The number of aromatic nitrogens is 2. The van der Waals surface area contributed by atoms with E-state index < -0.39 is 0 Å². The van der Waals surface area contributed by atoms with Crippen molar-refractivity contribution in [2.75, 3.05) is 6.54 Å². The molecule has 2 aromatic carbocycles. The summed E-state index contributed by atoms with van der Waals surface area (Å²) >= 11 is 18.9. The smallest absolute Gasteiger partial charge is 0.162 e. The standard InChI is InChI=1S/C20H16Cl3N3/c21-16-8-4-7-14(18(16)22)20-24-17-9-10-26(12-15(17)19(23)25-20)11-13-5-2-1-3-6-13/h1-8H,9-12H2. The molecule has 0 amide bonds. The fourth-order valence-electron chi connectivity index (χ4n) is 3.20. The molecular formula is C20H16Cl3N3. The topological polar surface area (TPSA) is 29.0 Å². The summed E-state index contributed by atoms with van der Waals surface area (Å²) in [5.74, 6) is 0.526. The predicted molar refractivity (Wildman–Crippen MR) is 107 cm³/mol. The van der Waals surface area contributed by atoms with Crippen LogP contribution < -0.4 is 0 Å². The quantitative estimate of drug-likeness (QED) is 0.527. The fourth-order valence-corrected chi connectivity index (χ4v) is 3.84. The fraction of sp³-hybridized carbons (Fsp3) is 0.200. The van der Waals surface area contributed by atoms with Gasteiger partial charge in [0.2, 0.25) is 0 Å². The van der Waals surface area contributed by atoms with Gasteiger partial charge in [-0.2, -0.15) is 0 Å². The van der Waals surface area contributed by atoms with Crippen molar-refractivity contribution in [1.82, 2.24) is 14.9 Å². The molecule has 0 N–H and O–H groups in total. The highest BCUT2D eigenvalue weighted by molar-refractivity contribution is 6.43. The van der Waals surface area contributed by atoms with Crippen molar-refractivity contribution in [3.05, 3.63) is 80.6 Å². The Morgan fingerprint density at radius 2 is 1.73 bits per heavy atom. The van der Waals surface area contributed by atoms with Gasteiger partial charge in [0.1, 0.15) is 5.15 Å². The number of fused-ring (bicyclic) bond motifs is 1. The molecule has 26 heavy (non-hydrogen) atoms. The first-order valence-corrected chi connectivity index (χ1v) is 9.51. The molecule has 0 bridgehead atoms. The Balaban J connectivity index is 1.62. The van der Waals surface area contributed by atoms with Gasteiger partial charge in [-0.05, 0) is 17.7 Å². The van der Waals surface area contributed by atoms with Crippen molar-refractivity contribution in [3.8, 4) is 11.4 Å². The summed E-state index contributed by atoms with van der Waals surface area (Å²) in [4.78, 5) is 11.6. The van der Waals surface area contributed by atoms with E-state index in [0.29, 0.717) is 26.6 Å². The van der Waals surface area contributed by atoms with E-state index in [1.807, 2.05) is 18.2 Å². The van der Waals surface area contributed by atoms with Crippen LogP contribution in [0.5, 0.6) is 0 Å². The molecule has 4 rings (SSSR count). The maximum atomic E-state index is 6.50. The van der Waals surface area contributed by atoms with Crippen LogP contribution in [-0.4, -0.2) is 21.4 Å². The van der Waals surface area contributed by atoms with E-state index in [1.54, 1.807) is 6.07 Å². The number of halogens is 3. The molecule has 0 saturated carbocycles. The molecule has 3 nitrogen and oxygen atoms in total. The lowest BCUT2D eigenvalue weighted by Gasteiger charge is -2.28. The van der Waals surface area contributed by atoms with Gasteiger partial charge in [-0.15, -0.1) is 0 Å². The zero-order chi connectivity index (χ0) is 18.1.